The van der Waals surface area contributed by atoms with Crippen molar-refractivity contribution in [2.24, 2.45) is 0 Å². The number of nitrogen functional groups attached to an aromatic ring is 1. The molecule has 0 saturated heterocycles. The van der Waals surface area contributed by atoms with Crippen molar-refractivity contribution >= 4 is 50.8 Å². The van der Waals surface area contributed by atoms with Crippen LogP contribution in [-0.2, 0) is 0 Å². The summed E-state index contributed by atoms with van der Waals surface area (Å²) in [7, 11) is 0. The van der Waals surface area contributed by atoms with E-state index in [-0.39, 0.29) is 5.91 Å². The van der Waals surface area contributed by atoms with Crippen LogP contribution in [-0.4, -0.2) is 10.9 Å². The van der Waals surface area contributed by atoms with Gasteiger partial charge in [-0.25, -0.2) is 0 Å². The molecule has 3 aromatic rings. The Bertz CT molecular complexity index is 795. The highest BCUT2D eigenvalue weighted by Gasteiger charge is 2.11. The SMILES string of the molecule is Nc1ccc2[nH]c(C(=O)Nc3ccccc3I)cc2c1. The zero-order valence-corrected chi connectivity index (χ0v) is 12.6. The van der Waals surface area contributed by atoms with Crippen molar-refractivity contribution in [3.8, 4) is 0 Å². The van der Waals surface area contributed by atoms with Crippen molar-refractivity contribution in [3.63, 3.8) is 0 Å². The summed E-state index contributed by atoms with van der Waals surface area (Å²) in [5.41, 5.74) is 8.64. The van der Waals surface area contributed by atoms with Gasteiger partial charge in [0.1, 0.15) is 5.69 Å². The quantitative estimate of drug-likeness (QED) is 0.472. The van der Waals surface area contributed by atoms with Gasteiger partial charge < -0.3 is 16.0 Å². The number of aromatic amines is 1. The molecule has 4 N–H and O–H groups in total. The molecule has 5 heteroatoms. The van der Waals surface area contributed by atoms with Crippen molar-refractivity contribution in [1.82, 2.24) is 4.98 Å². The molecule has 1 aromatic heterocycles. The minimum atomic E-state index is -0.163. The number of amides is 1. The predicted molar refractivity (Wildman–Crippen MR) is 89.8 cm³/mol. The second-order valence-electron chi connectivity index (χ2n) is 4.46. The van der Waals surface area contributed by atoms with E-state index in [1.54, 1.807) is 12.1 Å². The molecule has 1 heterocycles. The average Bonchev–Trinajstić information content (AvgIpc) is 2.84. The van der Waals surface area contributed by atoms with E-state index in [2.05, 4.69) is 32.9 Å². The highest BCUT2D eigenvalue weighted by Crippen LogP contribution is 2.21. The van der Waals surface area contributed by atoms with Crippen LogP contribution in [0.4, 0.5) is 11.4 Å². The van der Waals surface area contributed by atoms with E-state index in [0.717, 1.165) is 20.2 Å². The number of hydrogen-bond acceptors (Lipinski definition) is 2. The highest BCUT2D eigenvalue weighted by atomic mass is 127. The standard InChI is InChI=1S/C15H12IN3O/c16-11-3-1-2-4-13(11)19-15(20)14-8-9-7-10(17)5-6-12(9)18-14/h1-8,18H,17H2,(H,19,20). The van der Waals surface area contributed by atoms with Gasteiger partial charge in [-0.05, 0) is 59.0 Å². The summed E-state index contributed by atoms with van der Waals surface area (Å²) >= 11 is 2.19. The lowest BCUT2D eigenvalue weighted by Crippen LogP contribution is -2.12. The maximum Gasteiger partial charge on any atom is 0.272 e. The molecule has 4 nitrogen and oxygen atoms in total. The molecular weight excluding hydrogens is 365 g/mol. The minimum absolute atomic E-state index is 0.163. The molecular formula is C15H12IN3O. The van der Waals surface area contributed by atoms with Crippen LogP contribution in [0.25, 0.3) is 10.9 Å². The molecule has 0 atom stereocenters. The number of aromatic nitrogens is 1. The predicted octanol–water partition coefficient (Wildman–Crippen LogP) is 3.61. The number of nitrogens with two attached hydrogens (primary N) is 1. The van der Waals surface area contributed by atoms with Gasteiger partial charge in [0.2, 0.25) is 0 Å². The Balaban J connectivity index is 1.91. The number of benzene rings is 2. The maximum atomic E-state index is 12.2. The third-order valence-electron chi connectivity index (χ3n) is 3.01. The fourth-order valence-electron chi connectivity index (χ4n) is 2.03. The van der Waals surface area contributed by atoms with Gasteiger partial charge >= 0.3 is 0 Å². The molecule has 0 aliphatic rings. The first-order valence-electron chi connectivity index (χ1n) is 6.07. The van der Waals surface area contributed by atoms with E-state index >= 15 is 0 Å². The van der Waals surface area contributed by atoms with Crippen LogP contribution in [0.15, 0.2) is 48.5 Å². The molecule has 1 amide bonds. The number of para-hydroxylation sites is 1. The molecule has 0 spiro atoms. The fraction of sp³-hybridized carbons (Fsp3) is 0. The number of hydrogen-bond donors (Lipinski definition) is 3. The number of carbonyl (C=O) groups is 1. The second-order valence-corrected chi connectivity index (χ2v) is 5.63. The Kier molecular flexibility index (Phi) is 3.35. The first-order chi connectivity index (χ1) is 9.63. The third-order valence-corrected chi connectivity index (χ3v) is 3.95. The summed E-state index contributed by atoms with van der Waals surface area (Å²) in [6.45, 7) is 0. The summed E-state index contributed by atoms with van der Waals surface area (Å²) in [4.78, 5) is 15.3. The summed E-state index contributed by atoms with van der Waals surface area (Å²) in [5.74, 6) is -0.163. The molecule has 0 aliphatic carbocycles. The van der Waals surface area contributed by atoms with Gasteiger partial charge in [-0.15, -0.1) is 0 Å². The number of halogens is 1. The topological polar surface area (TPSA) is 70.9 Å². The Morgan fingerprint density at radius 1 is 1.15 bits per heavy atom. The average molecular weight is 377 g/mol. The Morgan fingerprint density at radius 2 is 1.95 bits per heavy atom. The molecule has 0 fully saturated rings. The van der Waals surface area contributed by atoms with E-state index in [1.807, 2.05) is 36.4 Å². The Labute approximate surface area is 129 Å². The molecule has 0 radical (unpaired) electrons. The van der Waals surface area contributed by atoms with Crippen molar-refractivity contribution in [2.75, 3.05) is 11.1 Å². The number of H-pyrrole nitrogens is 1. The van der Waals surface area contributed by atoms with E-state index < -0.39 is 0 Å². The van der Waals surface area contributed by atoms with Crippen LogP contribution in [0.2, 0.25) is 0 Å². The zero-order chi connectivity index (χ0) is 14.1. The molecule has 20 heavy (non-hydrogen) atoms. The number of nitrogens with one attached hydrogen (secondary N) is 2. The van der Waals surface area contributed by atoms with Crippen LogP contribution in [0.5, 0.6) is 0 Å². The lowest BCUT2D eigenvalue weighted by molar-refractivity contribution is 0.102. The molecule has 3 rings (SSSR count). The van der Waals surface area contributed by atoms with Crippen LogP contribution in [0, 0.1) is 3.57 Å². The number of anilines is 2. The minimum Gasteiger partial charge on any atom is -0.399 e. The maximum absolute atomic E-state index is 12.2. The van der Waals surface area contributed by atoms with E-state index in [1.165, 1.54) is 0 Å². The summed E-state index contributed by atoms with van der Waals surface area (Å²) in [6.07, 6.45) is 0. The lowest BCUT2D eigenvalue weighted by atomic mass is 10.2. The second kappa shape index (κ2) is 5.16. The van der Waals surface area contributed by atoms with Gasteiger partial charge in [-0.2, -0.15) is 0 Å². The first-order valence-corrected chi connectivity index (χ1v) is 7.15. The molecule has 0 unspecified atom stereocenters. The van der Waals surface area contributed by atoms with Gasteiger partial charge in [0.15, 0.2) is 0 Å². The molecule has 100 valence electrons. The van der Waals surface area contributed by atoms with Gasteiger partial charge in [-0.3, -0.25) is 4.79 Å². The van der Waals surface area contributed by atoms with Crippen molar-refractivity contribution in [3.05, 3.63) is 57.8 Å². The number of rotatable bonds is 2. The van der Waals surface area contributed by atoms with Crippen LogP contribution in [0.1, 0.15) is 10.5 Å². The highest BCUT2D eigenvalue weighted by molar-refractivity contribution is 14.1. The number of fused-ring (bicyclic) bond motifs is 1. The van der Waals surface area contributed by atoms with Crippen LogP contribution < -0.4 is 11.1 Å². The van der Waals surface area contributed by atoms with Crippen molar-refractivity contribution in [1.29, 1.82) is 0 Å². The molecule has 2 aromatic carbocycles. The third kappa shape index (κ3) is 2.49. The summed E-state index contributed by atoms with van der Waals surface area (Å²) in [6, 6.07) is 15.0. The first kappa shape index (κ1) is 13.0. The van der Waals surface area contributed by atoms with Gasteiger partial charge in [0, 0.05) is 20.2 Å². The fourth-order valence-corrected chi connectivity index (χ4v) is 2.55. The Morgan fingerprint density at radius 3 is 2.75 bits per heavy atom. The molecule has 0 saturated carbocycles. The smallest absolute Gasteiger partial charge is 0.272 e. The van der Waals surface area contributed by atoms with Crippen LogP contribution >= 0.6 is 22.6 Å². The zero-order valence-electron chi connectivity index (χ0n) is 10.5. The van der Waals surface area contributed by atoms with E-state index in [9.17, 15) is 4.79 Å². The summed E-state index contributed by atoms with van der Waals surface area (Å²) < 4.78 is 0.999. The van der Waals surface area contributed by atoms with Crippen LogP contribution in [0.3, 0.4) is 0 Å². The largest absolute Gasteiger partial charge is 0.399 e. The lowest BCUT2D eigenvalue weighted by Gasteiger charge is -2.05. The monoisotopic (exact) mass is 377 g/mol. The normalized spacial score (nSPS) is 10.7. The Hall–Kier alpha value is -2.02. The number of carbonyl (C=O) groups excluding carboxylic acids is 1. The molecule has 0 bridgehead atoms. The van der Waals surface area contributed by atoms with Gasteiger partial charge in [-0.1, -0.05) is 12.1 Å². The van der Waals surface area contributed by atoms with Crippen molar-refractivity contribution in [2.45, 2.75) is 0 Å². The van der Waals surface area contributed by atoms with Crippen molar-refractivity contribution < 1.29 is 4.79 Å². The van der Waals surface area contributed by atoms with Gasteiger partial charge in [0.05, 0.1) is 5.69 Å². The molecule has 0 aliphatic heterocycles. The summed E-state index contributed by atoms with van der Waals surface area (Å²) in [5, 5.41) is 3.82. The van der Waals surface area contributed by atoms with Gasteiger partial charge in [0.25, 0.3) is 5.91 Å². The van der Waals surface area contributed by atoms with E-state index in [0.29, 0.717) is 11.4 Å². The van der Waals surface area contributed by atoms with E-state index in [4.69, 9.17) is 5.73 Å².